The summed E-state index contributed by atoms with van der Waals surface area (Å²) >= 11 is 0. The minimum atomic E-state index is -4.93. The van der Waals surface area contributed by atoms with Crippen molar-refractivity contribution in [2.75, 3.05) is 24.5 Å². The molecule has 0 aliphatic carbocycles. The number of rotatable bonds is 10. The van der Waals surface area contributed by atoms with Crippen LogP contribution in [0, 0.1) is 11.8 Å². The van der Waals surface area contributed by atoms with Crippen LogP contribution in [0.3, 0.4) is 0 Å². The zero-order valence-corrected chi connectivity index (χ0v) is 22.5. The van der Waals surface area contributed by atoms with Crippen molar-refractivity contribution in [3.63, 3.8) is 0 Å². The van der Waals surface area contributed by atoms with Crippen LogP contribution < -0.4 is 15.5 Å². The van der Waals surface area contributed by atoms with Crippen molar-refractivity contribution in [3.8, 4) is 11.8 Å². The van der Waals surface area contributed by atoms with Crippen LogP contribution in [0.4, 0.5) is 5.69 Å². The molecule has 0 aromatic heterocycles. The van der Waals surface area contributed by atoms with Gasteiger partial charge >= 0.3 is 0 Å². The second kappa shape index (κ2) is 12.6. The first-order chi connectivity index (χ1) is 19.5. The van der Waals surface area contributed by atoms with Crippen molar-refractivity contribution in [3.05, 3.63) is 77.4 Å². The fourth-order valence-corrected chi connectivity index (χ4v) is 4.89. The van der Waals surface area contributed by atoms with Gasteiger partial charge in [-0.3, -0.25) is 33.4 Å². The lowest BCUT2D eigenvalue weighted by atomic mass is 10.0. The molecule has 1 unspecified atom stereocenters. The summed E-state index contributed by atoms with van der Waals surface area (Å²) in [5.41, 5.74) is 2.86. The summed E-state index contributed by atoms with van der Waals surface area (Å²) in [6.07, 6.45) is 1.60. The Hall–Kier alpha value is -4.80. The molecular formula is C28H26N4O8S. The average Bonchev–Trinajstić information content (AvgIpc) is 3.24. The van der Waals surface area contributed by atoms with E-state index in [9.17, 15) is 36.9 Å². The number of para-hydroxylation sites is 1. The van der Waals surface area contributed by atoms with E-state index in [1.54, 1.807) is 29.2 Å². The molecule has 4 rings (SSSR count). The Morgan fingerprint density at radius 3 is 2.24 bits per heavy atom. The Morgan fingerprint density at radius 1 is 0.902 bits per heavy atom. The highest BCUT2D eigenvalue weighted by molar-refractivity contribution is 7.87. The second-order valence-corrected chi connectivity index (χ2v) is 10.8. The van der Waals surface area contributed by atoms with Crippen molar-refractivity contribution in [2.24, 2.45) is 0 Å². The molecular weight excluding hydrogens is 552 g/mol. The van der Waals surface area contributed by atoms with Crippen LogP contribution >= 0.6 is 0 Å². The number of anilines is 1. The lowest BCUT2D eigenvalue weighted by molar-refractivity contribution is -0.137. The van der Waals surface area contributed by atoms with Gasteiger partial charge in [0.15, 0.2) is 5.25 Å². The number of carbonyl (C=O) groups excluding carboxylic acids is 5. The van der Waals surface area contributed by atoms with Crippen molar-refractivity contribution in [2.45, 2.75) is 24.6 Å². The molecule has 2 aromatic carbocycles. The van der Waals surface area contributed by atoms with Crippen molar-refractivity contribution >= 4 is 45.3 Å². The molecule has 3 N–H and O–H groups in total. The zero-order valence-electron chi connectivity index (χ0n) is 21.7. The third kappa shape index (κ3) is 7.24. The van der Waals surface area contributed by atoms with Gasteiger partial charge < -0.3 is 15.5 Å². The van der Waals surface area contributed by atoms with Gasteiger partial charge in [-0.25, -0.2) is 0 Å². The van der Waals surface area contributed by atoms with E-state index in [0.29, 0.717) is 11.3 Å². The Bertz CT molecular complexity index is 1590. The highest BCUT2D eigenvalue weighted by atomic mass is 32.2. The summed E-state index contributed by atoms with van der Waals surface area (Å²) in [5, 5.41) is 2.50. The molecule has 2 aromatic rings. The van der Waals surface area contributed by atoms with Crippen LogP contribution in [-0.4, -0.2) is 72.3 Å². The number of benzene rings is 2. The Labute approximate surface area is 236 Å². The molecule has 1 atom stereocenters. The molecule has 0 radical (unpaired) electrons. The maximum atomic E-state index is 13.3. The van der Waals surface area contributed by atoms with Gasteiger partial charge in [-0.05, 0) is 23.8 Å². The maximum Gasteiger partial charge on any atom is 0.278 e. The van der Waals surface area contributed by atoms with E-state index in [1.807, 2.05) is 24.3 Å². The van der Waals surface area contributed by atoms with Gasteiger partial charge in [-0.1, -0.05) is 42.2 Å². The molecule has 2 heterocycles. The quantitative estimate of drug-likeness (QED) is 0.203. The predicted molar refractivity (Wildman–Crippen MR) is 147 cm³/mol. The molecule has 0 saturated carbocycles. The monoisotopic (exact) mass is 578 g/mol. The number of carbonyl (C=O) groups is 5. The number of fused-ring (bicyclic) bond motifs is 2. The van der Waals surface area contributed by atoms with Gasteiger partial charge in [0.25, 0.3) is 21.9 Å². The lowest BCUT2D eigenvalue weighted by Gasteiger charge is -2.26. The Morgan fingerprint density at radius 2 is 1.54 bits per heavy atom. The molecule has 12 nitrogen and oxygen atoms in total. The summed E-state index contributed by atoms with van der Waals surface area (Å²) in [7, 11) is -4.93. The highest BCUT2D eigenvalue weighted by Crippen LogP contribution is 2.25. The van der Waals surface area contributed by atoms with E-state index in [1.165, 1.54) is 0 Å². The average molecular weight is 579 g/mol. The minimum Gasteiger partial charge on any atom is -0.354 e. The summed E-state index contributed by atoms with van der Waals surface area (Å²) in [5.74, 6) is 2.84. The van der Waals surface area contributed by atoms with Crippen molar-refractivity contribution < 1.29 is 36.9 Å². The smallest absolute Gasteiger partial charge is 0.278 e. The van der Waals surface area contributed by atoms with Crippen LogP contribution in [0.5, 0.6) is 0 Å². The number of nitrogens with one attached hydrogen (secondary N) is 2. The topological polar surface area (TPSA) is 170 Å². The third-order valence-corrected chi connectivity index (χ3v) is 7.51. The second-order valence-electron chi connectivity index (χ2n) is 9.16. The number of hydrogen-bond donors (Lipinski definition) is 3. The molecule has 2 aliphatic heterocycles. The summed E-state index contributed by atoms with van der Waals surface area (Å²) in [6, 6.07) is 14.6. The first-order valence-corrected chi connectivity index (χ1v) is 14.1. The van der Waals surface area contributed by atoms with E-state index in [-0.39, 0.29) is 38.4 Å². The van der Waals surface area contributed by atoms with Crippen molar-refractivity contribution in [1.29, 1.82) is 0 Å². The predicted octanol–water partition coefficient (Wildman–Crippen LogP) is 0.127. The number of amides is 5. The van der Waals surface area contributed by atoms with Gasteiger partial charge in [0.05, 0.1) is 12.2 Å². The Kier molecular flexibility index (Phi) is 8.96. The Balaban J connectivity index is 1.34. The van der Waals surface area contributed by atoms with Crippen LogP contribution in [0.25, 0.3) is 0 Å². The van der Waals surface area contributed by atoms with E-state index in [0.717, 1.165) is 28.2 Å². The summed E-state index contributed by atoms with van der Waals surface area (Å²) in [6.45, 7) is -1.00. The van der Waals surface area contributed by atoms with Crippen LogP contribution in [-0.2, 0) is 40.6 Å². The number of imide groups is 1. The fourth-order valence-electron chi connectivity index (χ4n) is 4.24. The van der Waals surface area contributed by atoms with E-state index in [2.05, 4.69) is 22.5 Å². The molecule has 5 amide bonds. The molecule has 2 aliphatic rings. The largest absolute Gasteiger partial charge is 0.354 e. The minimum absolute atomic E-state index is 0.188. The normalized spacial score (nSPS) is 14.7. The van der Waals surface area contributed by atoms with Gasteiger partial charge in [0.1, 0.15) is 0 Å². The molecule has 41 heavy (non-hydrogen) atoms. The van der Waals surface area contributed by atoms with Gasteiger partial charge in [-0.15, -0.1) is 0 Å². The SMILES string of the molecule is O=C(CCN1C(=O)C=CC1=O)NCC(C(=O)NCCC(=O)N1Cc2ccccc2C#Cc2ccccc21)S(=O)(=O)O. The van der Waals surface area contributed by atoms with Crippen molar-refractivity contribution in [1.82, 2.24) is 15.5 Å². The van der Waals surface area contributed by atoms with Gasteiger partial charge in [-0.2, -0.15) is 8.42 Å². The van der Waals surface area contributed by atoms with Crippen LogP contribution in [0.15, 0.2) is 60.7 Å². The van der Waals surface area contributed by atoms with Gasteiger partial charge in [0.2, 0.25) is 17.7 Å². The van der Waals surface area contributed by atoms with E-state index in [4.69, 9.17) is 0 Å². The van der Waals surface area contributed by atoms with Crippen LogP contribution in [0.1, 0.15) is 29.5 Å². The van der Waals surface area contributed by atoms with E-state index >= 15 is 0 Å². The number of hydrogen-bond acceptors (Lipinski definition) is 7. The molecule has 0 saturated heterocycles. The number of nitrogens with zero attached hydrogens (tertiary/aromatic N) is 2. The van der Waals surface area contributed by atoms with Gasteiger partial charge in [0, 0.05) is 55.8 Å². The van der Waals surface area contributed by atoms with E-state index < -0.39 is 45.5 Å². The highest BCUT2D eigenvalue weighted by Gasteiger charge is 2.32. The summed E-state index contributed by atoms with van der Waals surface area (Å²) in [4.78, 5) is 63.5. The molecule has 0 bridgehead atoms. The molecule has 0 spiro atoms. The maximum absolute atomic E-state index is 13.3. The first-order valence-electron chi connectivity index (χ1n) is 12.6. The molecule has 0 fully saturated rings. The lowest BCUT2D eigenvalue weighted by Crippen LogP contribution is -2.48. The molecule has 13 heteroatoms. The molecule has 212 valence electrons. The summed E-state index contributed by atoms with van der Waals surface area (Å²) < 4.78 is 33.3. The van der Waals surface area contributed by atoms with Crippen LogP contribution in [0.2, 0.25) is 0 Å². The zero-order chi connectivity index (χ0) is 29.6. The third-order valence-electron chi connectivity index (χ3n) is 6.41. The standard InChI is InChI=1S/C28H26N4O8S/c33-24(14-16-31-25(34)11-12-26(31)35)30-17-23(41(38,39)40)28(37)29-15-13-27(36)32-18-21-7-2-1-5-19(21)9-10-20-6-3-4-8-22(20)32/h1-8,11-12,23H,13-18H2,(H,29,37)(H,30,33)(H,38,39,40). The fraction of sp³-hybridized carbons (Fsp3) is 0.250. The first kappa shape index (κ1) is 29.2.